The van der Waals surface area contributed by atoms with E-state index in [0.29, 0.717) is 17.4 Å². The summed E-state index contributed by atoms with van der Waals surface area (Å²) in [7, 11) is 1.56. The fourth-order valence-corrected chi connectivity index (χ4v) is 2.74. The molecule has 0 aliphatic carbocycles. The topological polar surface area (TPSA) is 64.5 Å². The first kappa shape index (κ1) is 13.8. The van der Waals surface area contributed by atoms with E-state index in [4.69, 9.17) is 9.47 Å². The summed E-state index contributed by atoms with van der Waals surface area (Å²) in [6, 6.07) is 7.24. The molecule has 3 aromatic rings. The first-order valence-corrected chi connectivity index (χ1v) is 7.29. The lowest BCUT2D eigenvalue weighted by Gasteiger charge is -2.12. The molecule has 2 aromatic heterocycles. The summed E-state index contributed by atoms with van der Waals surface area (Å²) in [6.07, 6.45) is 0.914. The van der Waals surface area contributed by atoms with Crippen LogP contribution < -0.4 is 9.47 Å². The lowest BCUT2D eigenvalue weighted by atomic mass is 10.1. The number of rotatable bonds is 4. The molecule has 1 N–H and O–H groups in total. The highest BCUT2D eigenvalue weighted by Gasteiger charge is 2.13. The third kappa shape index (κ3) is 2.68. The number of nitrogens with zero attached hydrogens (tertiary/aromatic N) is 2. The molecule has 0 saturated heterocycles. The molecule has 0 saturated carbocycles. The maximum absolute atomic E-state index is 9.62. The number of aliphatic hydroxyl groups excluding tert-OH is 1. The number of hydrogen-bond acceptors (Lipinski definition) is 6. The second-order valence-corrected chi connectivity index (χ2v) is 5.42. The van der Waals surface area contributed by atoms with Crippen LogP contribution >= 0.6 is 11.3 Å². The number of thiophene rings is 1. The second kappa shape index (κ2) is 5.67. The lowest BCUT2D eigenvalue weighted by Crippen LogP contribution is -1.96. The van der Waals surface area contributed by atoms with Gasteiger partial charge in [0.25, 0.3) is 0 Å². The van der Waals surface area contributed by atoms with Crippen molar-refractivity contribution in [1.82, 2.24) is 9.97 Å². The van der Waals surface area contributed by atoms with E-state index in [1.807, 2.05) is 11.4 Å². The van der Waals surface area contributed by atoms with Crippen molar-refractivity contribution < 1.29 is 14.6 Å². The fourth-order valence-electron chi connectivity index (χ4n) is 1.97. The van der Waals surface area contributed by atoms with E-state index in [9.17, 15) is 5.11 Å². The zero-order valence-corrected chi connectivity index (χ0v) is 12.4. The van der Waals surface area contributed by atoms with Gasteiger partial charge in [0.15, 0.2) is 11.5 Å². The van der Waals surface area contributed by atoms with Gasteiger partial charge in [0.05, 0.1) is 18.7 Å². The average molecular weight is 302 g/mol. The summed E-state index contributed by atoms with van der Waals surface area (Å²) in [6.45, 7) is 1.70. The Hall–Kier alpha value is -2.18. The molecule has 0 aliphatic rings. The average Bonchev–Trinajstić information content (AvgIpc) is 2.97. The molecule has 3 rings (SSSR count). The largest absolute Gasteiger partial charge is 0.493 e. The molecule has 0 amide bonds. The van der Waals surface area contributed by atoms with E-state index in [-0.39, 0.29) is 0 Å². The highest BCUT2D eigenvalue weighted by molar-refractivity contribution is 7.17. The summed E-state index contributed by atoms with van der Waals surface area (Å²) >= 11 is 1.52. The molecule has 108 valence electrons. The van der Waals surface area contributed by atoms with Crippen molar-refractivity contribution in [3.8, 4) is 17.4 Å². The number of fused-ring (bicyclic) bond motifs is 1. The number of aliphatic hydroxyl groups is 1. The van der Waals surface area contributed by atoms with Crippen LogP contribution in [0.15, 0.2) is 36.0 Å². The molecule has 5 nitrogen and oxygen atoms in total. The monoisotopic (exact) mass is 302 g/mol. The molecule has 1 unspecified atom stereocenters. The molecule has 6 heteroatoms. The van der Waals surface area contributed by atoms with Gasteiger partial charge in [-0.3, -0.25) is 0 Å². The van der Waals surface area contributed by atoms with Crippen LogP contribution in [0.1, 0.15) is 18.6 Å². The van der Waals surface area contributed by atoms with Crippen molar-refractivity contribution in [2.45, 2.75) is 13.0 Å². The first-order chi connectivity index (χ1) is 10.2. The Balaban J connectivity index is 1.99. The molecule has 2 heterocycles. The number of ether oxygens (including phenoxy) is 2. The zero-order valence-electron chi connectivity index (χ0n) is 11.6. The smallest absolute Gasteiger partial charge is 0.240 e. The molecule has 21 heavy (non-hydrogen) atoms. The van der Waals surface area contributed by atoms with E-state index < -0.39 is 6.10 Å². The minimum absolute atomic E-state index is 0.498. The number of aromatic nitrogens is 2. The van der Waals surface area contributed by atoms with Crippen LogP contribution in [0, 0.1) is 0 Å². The number of hydrogen-bond donors (Lipinski definition) is 1. The van der Waals surface area contributed by atoms with Gasteiger partial charge in [-0.2, -0.15) is 0 Å². The van der Waals surface area contributed by atoms with Gasteiger partial charge in [-0.25, -0.2) is 9.97 Å². The Bertz CT molecular complexity index is 770. The van der Waals surface area contributed by atoms with Crippen LogP contribution in [0.4, 0.5) is 0 Å². The maximum atomic E-state index is 9.62. The van der Waals surface area contributed by atoms with Crippen molar-refractivity contribution in [3.05, 3.63) is 41.5 Å². The summed E-state index contributed by atoms with van der Waals surface area (Å²) in [4.78, 5) is 8.36. The summed E-state index contributed by atoms with van der Waals surface area (Å²) in [5.41, 5.74) is 1.62. The molecule has 0 radical (unpaired) electrons. The molecule has 1 atom stereocenters. The van der Waals surface area contributed by atoms with Crippen LogP contribution in [0.2, 0.25) is 0 Å². The minimum Gasteiger partial charge on any atom is -0.493 e. The van der Waals surface area contributed by atoms with Crippen molar-refractivity contribution in [1.29, 1.82) is 0 Å². The molecule has 0 fully saturated rings. The van der Waals surface area contributed by atoms with Gasteiger partial charge in [0.2, 0.25) is 5.88 Å². The van der Waals surface area contributed by atoms with Crippen LogP contribution in [0.3, 0.4) is 0 Å². The van der Waals surface area contributed by atoms with Gasteiger partial charge in [0.1, 0.15) is 11.0 Å². The van der Waals surface area contributed by atoms with E-state index in [0.717, 1.165) is 15.8 Å². The molecule has 1 aromatic carbocycles. The summed E-state index contributed by atoms with van der Waals surface area (Å²) in [5.74, 6) is 1.60. The Morgan fingerprint density at radius 2 is 2.05 bits per heavy atom. The maximum Gasteiger partial charge on any atom is 0.240 e. The quantitative estimate of drug-likeness (QED) is 0.798. The predicted octanol–water partition coefficient (Wildman–Crippen LogP) is 3.55. The Labute approximate surface area is 125 Å². The fraction of sp³-hybridized carbons (Fsp3) is 0.200. The normalized spacial score (nSPS) is 12.3. The van der Waals surface area contributed by atoms with Crippen LogP contribution in [0.5, 0.6) is 17.4 Å². The van der Waals surface area contributed by atoms with Gasteiger partial charge in [-0.15, -0.1) is 11.3 Å². The minimum atomic E-state index is -0.559. The molecule has 0 spiro atoms. The number of methoxy groups -OCH3 is 1. The Kier molecular flexibility index (Phi) is 3.72. The Morgan fingerprint density at radius 3 is 2.81 bits per heavy atom. The van der Waals surface area contributed by atoms with Crippen molar-refractivity contribution in [2.75, 3.05) is 7.11 Å². The van der Waals surface area contributed by atoms with Crippen LogP contribution in [0.25, 0.3) is 10.2 Å². The highest BCUT2D eigenvalue weighted by atomic mass is 32.1. The first-order valence-electron chi connectivity index (χ1n) is 6.41. The van der Waals surface area contributed by atoms with Gasteiger partial charge in [-0.1, -0.05) is 6.07 Å². The van der Waals surface area contributed by atoms with Gasteiger partial charge < -0.3 is 14.6 Å². The van der Waals surface area contributed by atoms with Crippen molar-refractivity contribution >= 4 is 21.6 Å². The van der Waals surface area contributed by atoms with Crippen molar-refractivity contribution in [2.24, 2.45) is 0 Å². The third-order valence-electron chi connectivity index (χ3n) is 3.09. The summed E-state index contributed by atoms with van der Waals surface area (Å²) in [5, 5.41) is 11.6. The van der Waals surface area contributed by atoms with Gasteiger partial charge >= 0.3 is 0 Å². The van der Waals surface area contributed by atoms with Crippen molar-refractivity contribution in [3.63, 3.8) is 0 Å². The van der Waals surface area contributed by atoms with E-state index in [2.05, 4.69) is 9.97 Å². The zero-order chi connectivity index (χ0) is 14.8. The van der Waals surface area contributed by atoms with Crippen LogP contribution in [-0.2, 0) is 0 Å². The van der Waals surface area contributed by atoms with Crippen LogP contribution in [-0.4, -0.2) is 22.2 Å². The van der Waals surface area contributed by atoms with E-state index in [1.165, 1.54) is 17.7 Å². The molecular formula is C15H14N2O3S. The second-order valence-electron chi connectivity index (χ2n) is 4.50. The predicted molar refractivity (Wildman–Crippen MR) is 81.1 cm³/mol. The third-order valence-corrected chi connectivity index (χ3v) is 3.98. The van der Waals surface area contributed by atoms with E-state index in [1.54, 1.807) is 32.2 Å². The highest BCUT2D eigenvalue weighted by Crippen LogP contribution is 2.36. The number of benzene rings is 1. The SMILES string of the molecule is COc1cc(C(C)O)ccc1Oc1ncnc2ccsc12. The standard InChI is InChI=1S/C15H14N2O3S/c1-9(18)10-3-4-12(13(7-10)19-2)20-15-14-11(5-6-21-14)16-8-17-15/h3-9,18H,1-2H3. The lowest BCUT2D eigenvalue weighted by molar-refractivity contribution is 0.198. The Morgan fingerprint density at radius 1 is 1.19 bits per heavy atom. The van der Waals surface area contributed by atoms with E-state index >= 15 is 0 Å². The molecular weight excluding hydrogens is 288 g/mol. The molecule has 0 aliphatic heterocycles. The molecule has 0 bridgehead atoms. The summed E-state index contributed by atoms with van der Waals surface area (Å²) < 4.78 is 12.1. The van der Waals surface area contributed by atoms with Gasteiger partial charge in [-0.05, 0) is 36.1 Å². The van der Waals surface area contributed by atoms with Gasteiger partial charge in [0, 0.05) is 0 Å².